The molecule has 1 aliphatic rings. The molecule has 1 aromatic heterocycles. The zero-order valence-electron chi connectivity index (χ0n) is 18.1. The Morgan fingerprint density at radius 2 is 2.16 bits per heavy atom. The van der Waals surface area contributed by atoms with Crippen molar-refractivity contribution in [3.63, 3.8) is 0 Å². The van der Waals surface area contributed by atoms with Gasteiger partial charge in [0.1, 0.15) is 11.6 Å². The maximum absolute atomic E-state index is 13.4. The Hall–Kier alpha value is -2.90. The number of benzene rings is 2. The highest BCUT2D eigenvalue weighted by atomic mass is 35.5. The molecule has 168 valence electrons. The molecule has 1 N–H and O–H groups in total. The number of aromatic nitrogens is 2. The lowest BCUT2D eigenvalue weighted by Gasteiger charge is -2.28. The third kappa shape index (κ3) is 5.11. The summed E-state index contributed by atoms with van der Waals surface area (Å²) in [5.74, 6) is 0.824. The number of aryl methyl sites for hydroxylation is 1. The predicted octanol–water partition coefficient (Wildman–Crippen LogP) is 3.86. The van der Waals surface area contributed by atoms with Crippen LogP contribution in [0.2, 0.25) is 5.02 Å². The maximum atomic E-state index is 13.4. The Labute approximate surface area is 191 Å². The van der Waals surface area contributed by atoms with Gasteiger partial charge in [-0.2, -0.15) is 0 Å². The van der Waals surface area contributed by atoms with Gasteiger partial charge in [0.2, 0.25) is 0 Å². The molecule has 1 saturated heterocycles. The van der Waals surface area contributed by atoms with Gasteiger partial charge in [0, 0.05) is 18.2 Å². The van der Waals surface area contributed by atoms with Gasteiger partial charge >= 0.3 is 0 Å². The van der Waals surface area contributed by atoms with Crippen molar-refractivity contribution >= 4 is 28.4 Å². The van der Waals surface area contributed by atoms with Gasteiger partial charge in [-0.05, 0) is 62.6 Å². The van der Waals surface area contributed by atoms with E-state index in [1.165, 1.54) is 0 Å². The average Bonchev–Trinajstić information content (AvgIpc) is 3.28. The lowest BCUT2D eigenvalue weighted by Crippen LogP contribution is -2.44. The zero-order valence-corrected chi connectivity index (χ0v) is 18.9. The summed E-state index contributed by atoms with van der Waals surface area (Å²) in [6, 6.07) is 12.4. The van der Waals surface area contributed by atoms with E-state index in [1.807, 2.05) is 13.0 Å². The van der Waals surface area contributed by atoms with Crippen LogP contribution in [0.3, 0.4) is 0 Å². The largest absolute Gasteiger partial charge is 0.481 e. The van der Waals surface area contributed by atoms with E-state index in [0.717, 1.165) is 18.4 Å². The smallest absolute Gasteiger partial charge is 0.263 e. The molecular formula is C24H26ClN3O4. The number of amides is 1. The quantitative estimate of drug-likeness (QED) is 0.584. The summed E-state index contributed by atoms with van der Waals surface area (Å²) < 4.78 is 11.7. The Bertz CT molecular complexity index is 1170. The molecule has 2 heterocycles. The number of halogens is 1. The molecule has 4 rings (SSSR count). The second-order valence-electron chi connectivity index (χ2n) is 8.05. The summed E-state index contributed by atoms with van der Waals surface area (Å²) in [6.45, 7) is 4.85. The van der Waals surface area contributed by atoms with E-state index in [2.05, 4.69) is 9.97 Å². The third-order valence-electron chi connectivity index (χ3n) is 5.55. The lowest BCUT2D eigenvalue weighted by molar-refractivity contribution is -0.140. The normalized spacial score (nSPS) is 16.8. The third-order valence-corrected chi connectivity index (χ3v) is 5.79. The molecule has 2 aromatic carbocycles. The number of aromatic amines is 1. The number of rotatable bonds is 7. The molecule has 1 aliphatic heterocycles. The van der Waals surface area contributed by atoms with Crippen LogP contribution >= 0.6 is 11.6 Å². The van der Waals surface area contributed by atoms with Gasteiger partial charge in [-0.3, -0.25) is 9.59 Å². The monoisotopic (exact) mass is 455 g/mol. The molecule has 8 heteroatoms. The van der Waals surface area contributed by atoms with Gasteiger partial charge in [-0.15, -0.1) is 0 Å². The minimum absolute atomic E-state index is 0.0457. The first kappa shape index (κ1) is 22.3. The van der Waals surface area contributed by atoms with Gasteiger partial charge in [0.05, 0.1) is 23.6 Å². The van der Waals surface area contributed by atoms with Crippen LogP contribution in [0.25, 0.3) is 10.9 Å². The van der Waals surface area contributed by atoms with E-state index < -0.39 is 6.10 Å². The standard InChI is InChI=1S/C24H26ClN3O4/c1-15-12-17(25)9-10-21(15)32-16(2)24(30)28(13-18-6-5-11-31-18)14-22-26-20-8-4-3-7-19(20)23(29)27-22/h3-4,7-10,12,16,18H,5-6,11,13-14H2,1-2H3,(H,26,27,29). The van der Waals surface area contributed by atoms with Crippen molar-refractivity contribution in [1.82, 2.24) is 14.9 Å². The first-order valence-corrected chi connectivity index (χ1v) is 11.1. The number of carbonyl (C=O) groups excluding carboxylic acids is 1. The minimum Gasteiger partial charge on any atom is -0.481 e. The average molecular weight is 456 g/mol. The summed E-state index contributed by atoms with van der Waals surface area (Å²) in [6.07, 6.45) is 1.07. The molecule has 3 aromatic rings. The SMILES string of the molecule is Cc1cc(Cl)ccc1OC(C)C(=O)N(Cc1nc2ccccc2c(=O)[nH]1)CC1CCCO1. The summed E-state index contributed by atoms with van der Waals surface area (Å²) in [5, 5.41) is 1.13. The van der Waals surface area contributed by atoms with Crippen molar-refractivity contribution in [2.24, 2.45) is 0 Å². The van der Waals surface area contributed by atoms with Crippen LogP contribution < -0.4 is 10.3 Å². The summed E-state index contributed by atoms with van der Waals surface area (Å²) in [4.78, 5) is 34.9. The Balaban J connectivity index is 1.56. The number of hydrogen-bond donors (Lipinski definition) is 1. The van der Waals surface area contributed by atoms with E-state index in [1.54, 1.807) is 48.2 Å². The van der Waals surface area contributed by atoms with Crippen molar-refractivity contribution in [2.45, 2.75) is 45.4 Å². The van der Waals surface area contributed by atoms with Gasteiger partial charge in [0.15, 0.2) is 6.10 Å². The number of nitrogens with zero attached hydrogens (tertiary/aromatic N) is 2. The summed E-state index contributed by atoms with van der Waals surface area (Å²) in [7, 11) is 0. The molecule has 0 spiro atoms. The van der Waals surface area contributed by atoms with Gasteiger partial charge in [-0.1, -0.05) is 23.7 Å². The second-order valence-corrected chi connectivity index (χ2v) is 8.49. The highest BCUT2D eigenvalue weighted by Crippen LogP contribution is 2.24. The highest BCUT2D eigenvalue weighted by molar-refractivity contribution is 6.30. The van der Waals surface area contributed by atoms with E-state index in [0.29, 0.717) is 40.7 Å². The van der Waals surface area contributed by atoms with Gasteiger partial charge < -0.3 is 19.4 Å². The van der Waals surface area contributed by atoms with Crippen LogP contribution in [0, 0.1) is 6.92 Å². The Morgan fingerprint density at radius 3 is 2.91 bits per heavy atom. The highest BCUT2D eigenvalue weighted by Gasteiger charge is 2.28. The number of hydrogen-bond acceptors (Lipinski definition) is 5. The number of ether oxygens (including phenoxy) is 2. The van der Waals surface area contributed by atoms with Gasteiger partial charge in [-0.25, -0.2) is 4.98 Å². The van der Waals surface area contributed by atoms with E-state index in [-0.39, 0.29) is 24.1 Å². The molecular weight excluding hydrogens is 430 g/mol. The fourth-order valence-corrected chi connectivity index (χ4v) is 4.13. The van der Waals surface area contributed by atoms with E-state index in [4.69, 9.17) is 21.1 Å². The molecule has 1 fully saturated rings. The molecule has 2 atom stereocenters. The van der Waals surface area contributed by atoms with E-state index in [9.17, 15) is 9.59 Å². The summed E-state index contributed by atoms with van der Waals surface area (Å²) >= 11 is 6.03. The van der Waals surface area contributed by atoms with Crippen molar-refractivity contribution < 1.29 is 14.3 Å². The van der Waals surface area contributed by atoms with Crippen LogP contribution in [0.15, 0.2) is 47.3 Å². The number of nitrogens with one attached hydrogen (secondary N) is 1. The van der Waals surface area contributed by atoms with Crippen molar-refractivity contribution in [3.8, 4) is 5.75 Å². The topological polar surface area (TPSA) is 84.5 Å². The fraction of sp³-hybridized carbons (Fsp3) is 0.375. The number of carbonyl (C=O) groups is 1. The molecule has 0 radical (unpaired) electrons. The fourth-order valence-electron chi connectivity index (χ4n) is 3.90. The molecule has 0 bridgehead atoms. The van der Waals surface area contributed by atoms with Crippen LogP contribution in [0.5, 0.6) is 5.75 Å². The van der Waals surface area contributed by atoms with Crippen molar-refractivity contribution in [3.05, 3.63) is 69.2 Å². The van der Waals surface area contributed by atoms with Crippen LogP contribution in [-0.4, -0.2) is 46.1 Å². The Kier molecular flexibility index (Phi) is 6.77. The molecule has 0 aliphatic carbocycles. The van der Waals surface area contributed by atoms with E-state index >= 15 is 0 Å². The Morgan fingerprint density at radius 1 is 1.34 bits per heavy atom. The van der Waals surface area contributed by atoms with Crippen LogP contribution in [0.4, 0.5) is 0 Å². The zero-order chi connectivity index (χ0) is 22.7. The first-order chi connectivity index (χ1) is 15.4. The molecule has 32 heavy (non-hydrogen) atoms. The molecule has 0 saturated carbocycles. The molecule has 7 nitrogen and oxygen atoms in total. The van der Waals surface area contributed by atoms with Gasteiger partial charge in [0.25, 0.3) is 11.5 Å². The molecule has 1 amide bonds. The maximum Gasteiger partial charge on any atom is 0.263 e. The lowest BCUT2D eigenvalue weighted by atomic mass is 10.2. The number of para-hydroxylation sites is 1. The van der Waals surface area contributed by atoms with Crippen LogP contribution in [-0.2, 0) is 16.1 Å². The molecule has 2 unspecified atom stereocenters. The number of H-pyrrole nitrogens is 1. The van der Waals surface area contributed by atoms with Crippen LogP contribution in [0.1, 0.15) is 31.2 Å². The van der Waals surface area contributed by atoms with Crippen molar-refractivity contribution in [1.29, 1.82) is 0 Å². The minimum atomic E-state index is -0.733. The summed E-state index contributed by atoms with van der Waals surface area (Å²) in [5.41, 5.74) is 1.22. The number of fused-ring (bicyclic) bond motifs is 1. The predicted molar refractivity (Wildman–Crippen MR) is 123 cm³/mol. The van der Waals surface area contributed by atoms with Crippen molar-refractivity contribution in [2.75, 3.05) is 13.2 Å². The first-order valence-electron chi connectivity index (χ1n) is 10.7. The second kappa shape index (κ2) is 9.71.